The normalized spacial score (nSPS) is 24.2. The number of rotatable bonds is 1. The third-order valence-electron chi connectivity index (χ3n) is 2.12. The van der Waals surface area contributed by atoms with Gasteiger partial charge in [0.05, 0.1) is 12.3 Å². The van der Waals surface area contributed by atoms with E-state index >= 15 is 0 Å². The van der Waals surface area contributed by atoms with Crippen LogP contribution in [0.5, 0.6) is 0 Å². The SMILES string of the molecule is Nc1nc(C2CCCOC2)cs1. The van der Waals surface area contributed by atoms with Crippen LogP contribution < -0.4 is 5.73 Å². The summed E-state index contributed by atoms with van der Waals surface area (Å²) < 4.78 is 5.37. The number of nitrogen functional groups attached to an aromatic ring is 1. The van der Waals surface area contributed by atoms with Gasteiger partial charge in [-0.1, -0.05) is 0 Å². The Balaban J connectivity index is 2.08. The molecule has 0 radical (unpaired) electrons. The van der Waals surface area contributed by atoms with E-state index in [0.29, 0.717) is 11.0 Å². The minimum atomic E-state index is 0.479. The highest BCUT2D eigenvalue weighted by molar-refractivity contribution is 7.13. The van der Waals surface area contributed by atoms with Gasteiger partial charge in [0.25, 0.3) is 0 Å². The van der Waals surface area contributed by atoms with Gasteiger partial charge in [0.15, 0.2) is 5.13 Å². The minimum absolute atomic E-state index is 0.479. The summed E-state index contributed by atoms with van der Waals surface area (Å²) in [6.07, 6.45) is 2.32. The lowest BCUT2D eigenvalue weighted by Gasteiger charge is -2.19. The summed E-state index contributed by atoms with van der Waals surface area (Å²) in [7, 11) is 0. The Morgan fingerprint density at radius 3 is 3.17 bits per heavy atom. The molecule has 2 rings (SSSR count). The van der Waals surface area contributed by atoms with E-state index in [0.717, 1.165) is 25.3 Å². The van der Waals surface area contributed by atoms with Crippen molar-refractivity contribution in [2.75, 3.05) is 18.9 Å². The molecule has 0 aromatic carbocycles. The van der Waals surface area contributed by atoms with E-state index in [1.54, 1.807) is 0 Å². The van der Waals surface area contributed by atoms with E-state index in [1.165, 1.54) is 17.8 Å². The predicted octanol–water partition coefficient (Wildman–Crippen LogP) is 1.62. The monoisotopic (exact) mass is 184 g/mol. The largest absolute Gasteiger partial charge is 0.381 e. The van der Waals surface area contributed by atoms with Crippen molar-refractivity contribution in [1.29, 1.82) is 0 Å². The molecule has 1 fully saturated rings. The van der Waals surface area contributed by atoms with Gasteiger partial charge in [-0.25, -0.2) is 4.98 Å². The Morgan fingerprint density at radius 2 is 2.58 bits per heavy atom. The quantitative estimate of drug-likeness (QED) is 0.721. The van der Waals surface area contributed by atoms with Crippen LogP contribution >= 0.6 is 11.3 Å². The number of hydrogen-bond donors (Lipinski definition) is 1. The van der Waals surface area contributed by atoms with Gasteiger partial charge >= 0.3 is 0 Å². The van der Waals surface area contributed by atoms with Crippen LogP contribution in [0.4, 0.5) is 5.13 Å². The maximum atomic E-state index is 5.55. The van der Waals surface area contributed by atoms with Gasteiger partial charge in [0.2, 0.25) is 0 Å². The first-order chi connectivity index (χ1) is 5.86. The zero-order chi connectivity index (χ0) is 8.39. The van der Waals surface area contributed by atoms with Crippen LogP contribution in [0.2, 0.25) is 0 Å². The van der Waals surface area contributed by atoms with Crippen LogP contribution in [0.3, 0.4) is 0 Å². The smallest absolute Gasteiger partial charge is 0.180 e. The lowest BCUT2D eigenvalue weighted by atomic mass is 10.00. The highest BCUT2D eigenvalue weighted by atomic mass is 32.1. The molecule has 1 aliphatic heterocycles. The Kier molecular flexibility index (Phi) is 2.28. The fourth-order valence-electron chi connectivity index (χ4n) is 1.46. The molecule has 2 N–H and O–H groups in total. The van der Waals surface area contributed by atoms with Crippen molar-refractivity contribution in [3.63, 3.8) is 0 Å². The molecule has 0 amide bonds. The fraction of sp³-hybridized carbons (Fsp3) is 0.625. The van der Waals surface area contributed by atoms with E-state index in [-0.39, 0.29) is 0 Å². The molecule has 3 nitrogen and oxygen atoms in total. The minimum Gasteiger partial charge on any atom is -0.381 e. The van der Waals surface area contributed by atoms with Crippen molar-refractivity contribution < 1.29 is 4.74 Å². The first-order valence-corrected chi connectivity index (χ1v) is 5.03. The maximum Gasteiger partial charge on any atom is 0.180 e. The molecule has 1 aromatic rings. The van der Waals surface area contributed by atoms with Gasteiger partial charge in [-0.05, 0) is 12.8 Å². The van der Waals surface area contributed by atoms with Crippen LogP contribution in [0.25, 0.3) is 0 Å². The second-order valence-corrected chi connectivity index (χ2v) is 3.91. The number of hydrogen-bond acceptors (Lipinski definition) is 4. The van der Waals surface area contributed by atoms with E-state index < -0.39 is 0 Å². The summed E-state index contributed by atoms with van der Waals surface area (Å²) in [6, 6.07) is 0. The van der Waals surface area contributed by atoms with Crippen molar-refractivity contribution in [2.24, 2.45) is 0 Å². The highest BCUT2D eigenvalue weighted by Gasteiger charge is 2.17. The van der Waals surface area contributed by atoms with Gasteiger partial charge in [-0.15, -0.1) is 11.3 Å². The molecular formula is C8H12N2OS. The molecule has 1 unspecified atom stereocenters. The van der Waals surface area contributed by atoms with Crippen LogP contribution in [0.15, 0.2) is 5.38 Å². The summed E-state index contributed by atoms with van der Waals surface area (Å²) in [5.74, 6) is 0.479. The Morgan fingerprint density at radius 1 is 1.67 bits per heavy atom. The standard InChI is InChI=1S/C8H12N2OS/c9-8-10-7(5-12-8)6-2-1-3-11-4-6/h5-6H,1-4H2,(H2,9,10). The lowest BCUT2D eigenvalue weighted by Crippen LogP contribution is -2.15. The van der Waals surface area contributed by atoms with Gasteiger partial charge in [-0.2, -0.15) is 0 Å². The van der Waals surface area contributed by atoms with Crippen LogP contribution in [-0.2, 0) is 4.74 Å². The number of nitrogens with zero attached hydrogens (tertiary/aromatic N) is 1. The third kappa shape index (κ3) is 1.59. The van der Waals surface area contributed by atoms with Gasteiger partial charge < -0.3 is 10.5 Å². The van der Waals surface area contributed by atoms with Crippen molar-refractivity contribution in [3.05, 3.63) is 11.1 Å². The third-order valence-corrected chi connectivity index (χ3v) is 2.81. The molecule has 4 heteroatoms. The zero-order valence-electron chi connectivity index (χ0n) is 6.82. The first-order valence-electron chi connectivity index (χ1n) is 4.15. The van der Waals surface area contributed by atoms with Crippen molar-refractivity contribution in [3.8, 4) is 0 Å². The van der Waals surface area contributed by atoms with E-state index in [2.05, 4.69) is 4.98 Å². The van der Waals surface area contributed by atoms with E-state index in [4.69, 9.17) is 10.5 Å². The molecule has 12 heavy (non-hydrogen) atoms. The molecule has 0 bridgehead atoms. The number of nitrogens with two attached hydrogens (primary N) is 1. The summed E-state index contributed by atoms with van der Waals surface area (Å²) >= 11 is 1.51. The molecule has 1 aromatic heterocycles. The first kappa shape index (κ1) is 8.01. The molecule has 66 valence electrons. The molecular weight excluding hydrogens is 172 g/mol. The van der Waals surface area contributed by atoms with Crippen molar-refractivity contribution >= 4 is 16.5 Å². The number of ether oxygens (including phenoxy) is 1. The number of aromatic nitrogens is 1. The molecule has 1 atom stereocenters. The average Bonchev–Trinajstić information content (AvgIpc) is 2.54. The van der Waals surface area contributed by atoms with Crippen molar-refractivity contribution in [2.45, 2.75) is 18.8 Å². The topological polar surface area (TPSA) is 48.1 Å². The fourth-order valence-corrected chi connectivity index (χ4v) is 2.11. The Labute approximate surface area is 75.6 Å². The molecule has 0 saturated carbocycles. The zero-order valence-corrected chi connectivity index (χ0v) is 7.64. The highest BCUT2D eigenvalue weighted by Crippen LogP contribution is 2.26. The van der Waals surface area contributed by atoms with Gasteiger partial charge in [0.1, 0.15) is 0 Å². The summed E-state index contributed by atoms with van der Waals surface area (Å²) in [5, 5.41) is 2.70. The Hall–Kier alpha value is -0.610. The lowest BCUT2D eigenvalue weighted by molar-refractivity contribution is 0.0795. The van der Waals surface area contributed by atoms with E-state index in [9.17, 15) is 0 Å². The number of anilines is 1. The van der Waals surface area contributed by atoms with Crippen LogP contribution in [0, 0.1) is 0 Å². The van der Waals surface area contributed by atoms with Crippen LogP contribution in [0.1, 0.15) is 24.5 Å². The van der Waals surface area contributed by atoms with Gasteiger partial charge in [0, 0.05) is 17.9 Å². The summed E-state index contributed by atoms with van der Waals surface area (Å²) in [4.78, 5) is 4.25. The molecule has 1 aliphatic rings. The molecule has 0 aliphatic carbocycles. The summed E-state index contributed by atoms with van der Waals surface area (Å²) in [6.45, 7) is 1.71. The second-order valence-electron chi connectivity index (χ2n) is 3.02. The predicted molar refractivity (Wildman–Crippen MR) is 49.3 cm³/mol. The molecule has 2 heterocycles. The van der Waals surface area contributed by atoms with Crippen molar-refractivity contribution in [1.82, 2.24) is 4.98 Å². The van der Waals surface area contributed by atoms with E-state index in [1.807, 2.05) is 5.38 Å². The maximum absolute atomic E-state index is 5.55. The van der Waals surface area contributed by atoms with Crippen LogP contribution in [-0.4, -0.2) is 18.2 Å². The number of thiazole rings is 1. The Bertz CT molecular complexity index is 255. The molecule has 0 spiro atoms. The second kappa shape index (κ2) is 3.41. The summed E-state index contributed by atoms with van der Waals surface area (Å²) in [5.41, 5.74) is 6.66. The van der Waals surface area contributed by atoms with Gasteiger partial charge in [-0.3, -0.25) is 0 Å². The average molecular weight is 184 g/mol. The molecule has 1 saturated heterocycles.